The molecule has 2 aromatic carbocycles. The van der Waals surface area contributed by atoms with E-state index in [1.807, 2.05) is 6.07 Å². The normalized spacial score (nSPS) is 14.5. The number of amides is 2. The molecule has 154 valence electrons. The molecule has 0 aliphatic carbocycles. The van der Waals surface area contributed by atoms with E-state index in [-0.39, 0.29) is 11.7 Å². The number of carbonyl (C=O) groups excluding carboxylic acids is 2. The molecule has 4 rings (SSSR count). The number of methoxy groups -OCH3 is 1. The Bertz CT molecular complexity index is 1080. The van der Waals surface area contributed by atoms with Crippen LogP contribution >= 0.6 is 0 Å². The third-order valence-corrected chi connectivity index (χ3v) is 5.50. The van der Waals surface area contributed by atoms with Gasteiger partial charge < -0.3 is 15.0 Å². The number of ether oxygens (including phenoxy) is 1. The SMILES string of the molecule is COc1ccc(NC(=O)C(=O)N2CCC(c3ccnc4ccc(F)cc34)CC2)cc1. The van der Waals surface area contributed by atoms with Crippen molar-refractivity contribution in [3.63, 3.8) is 0 Å². The Kier molecular flexibility index (Phi) is 5.61. The van der Waals surface area contributed by atoms with E-state index in [0.29, 0.717) is 37.4 Å². The molecule has 2 heterocycles. The Morgan fingerprint density at radius 2 is 1.83 bits per heavy atom. The largest absolute Gasteiger partial charge is 0.497 e. The number of anilines is 1. The van der Waals surface area contributed by atoms with Crippen molar-refractivity contribution in [1.29, 1.82) is 0 Å². The quantitative estimate of drug-likeness (QED) is 0.672. The highest BCUT2D eigenvalue weighted by Gasteiger charge is 2.28. The third kappa shape index (κ3) is 4.10. The highest BCUT2D eigenvalue weighted by molar-refractivity contribution is 6.39. The fourth-order valence-electron chi connectivity index (χ4n) is 3.89. The van der Waals surface area contributed by atoms with Crippen molar-refractivity contribution in [2.45, 2.75) is 18.8 Å². The van der Waals surface area contributed by atoms with Gasteiger partial charge in [-0.3, -0.25) is 14.6 Å². The predicted molar refractivity (Wildman–Crippen MR) is 112 cm³/mol. The summed E-state index contributed by atoms with van der Waals surface area (Å²) in [5.41, 5.74) is 2.33. The van der Waals surface area contributed by atoms with Gasteiger partial charge in [0.25, 0.3) is 0 Å². The summed E-state index contributed by atoms with van der Waals surface area (Å²) in [6.07, 6.45) is 3.14. The number of fused-ring (bicyclic) bond motifs is 1. The molecule has 30 heavy (non-hydrogen) atoms. The van der Waals surface area contributed by atoms with Crippen LogP contribution in [0.25, 0.3) is 10.9 Å². The van der Waals surface area contributed by atoms with Crippen LogP contribution in [-0.2, 0) is 9.59 Å². The van der Waals surface area contributed by atoms with Crippen LogP contribution in [0.3, 0.4) is 0 Å². The molecule has 2 amide bonds. The number of nitrogens with one attached hydrogen (secondary N) is 1. The van der Waals surface area contributed by atoms with Crippen molar-refractivity contribution >= 4 is 28.4 Å². The van der Waals surface area contributed by atoms with E-state index in [0.717, 1.165) is 16.5 Å². The van der Waals surface area contributed by atoms with Gasteiger partial charge in [0.1, 0.15) is 11.6 Å². The lowest BCUT2D eigenvalue weighted by Gasteiger charge is -2.32. The van der Waals surface area contributed by atoms with Crippen LogP contribution in [0.5, 0.6) is 5.75 Å². The van der Waals surface area contributed by atoms with Gasteiger partial charge >= 0.3 is 11.8 Å². The van der Waals surface area contributed by atoms with Crippen LogP contribution < -0.4 is 10.1 Å². The second-order valence-electron chi connectivity index (χ2n) is 7.31. The molecule has 1 aliphatic heterocycles. The average Bonchev–Trinajstić information content (AvgIpc) is 2.78. The molecule has 0 spiro atoms. The molecule has 3 aromatic rings. The molecule has 0 bridgehead atoms. The van der Waals surface area contributed by atoms with E-state index in [2.05, 4.69) is 10.3 Å². The average molecular weight is 407 g/mol. The minimum atomic E-state index is -0.657. The smallest absolute Gasteiger partial charge is 0.313 e. The lowest BCUT2D eigenvalue weighted by molar-refractivity contribution is -0.143. The molecule has 7 heteroatoms. The van der Waals surface area contributed by atoms with Crippen LogP contribution in [0.15, 0.2) is 54.7 Å². The molecule has 1 saturated heterocycles. The van der Waals surface area contributed by atoms with Gasteiger partial charge in [0.2, 0.25) is 0 Å². The zero-order valence-corrected chi connectivity index (χ0v) is 16.6. The molecule has 1 aromatic heterocycles. The first-order valence-corrected chi connectivity index (χ1v) is 9.83. The number of benzene rings is 2. The van der Waals surface area contributed by atoms with Gasteiger partial charge in [0.05, 0.1) is 12.6 Å². The van der Waals surface area contributed by atoms with E-state index in [4.69, 9.17) is 4.74 Å². The number of nitrogens with zero attached hydrogens (tertiary/aromatic N) is 2. The van der Waals surface area contributed by atoms with Crippen molar-refractivity contribution in [2.24, 2.45) is 0 Å². The highest BCUT2D eigenvalue weighted by Crippen LogP contribution is 2.32. The maximum absolute atomic E-state index is 13.7. The Labute approximate surface area is 173 Å². The number of piperidine rings is 1. The molecule has 6 nitrogen and oxygen atoms in total. The van der Waals surface area contributed by atoms with Gasteiger partial charge in [0, 0.05) is 30.4 Å². The number of hydrogen-bond donors (Lipinski definition) is 1. The van der Waals surface area contributed by atoms with Gasteiger partial charge in [-0.05, 0) is 72.9 Å². The maximum atomic E-state index is 13.7. The molecular weight excluding hydrogens is 385 g/mol. The van der Waals surface area contributed by atoms with E-state index >= 15 is 0 Å². The van der Waals surface area contributed by atoms with Crippen LogP contribution in [0.1, 0.15) is 24.3 Å². The number of likely N-dealkylation sites (tertiary alicyclic amines) is 1. The first-order chi connectivity index (χ1) is 14.5. The van der Waals surface area contributed by atoms with E-state index in [1.54, 1.807) is 48.5 Å². The Morgan fingerprint density at radius 1 is 1.10 bits per heavy atom. The molecule has 1 aliphatic rings. The minimum absolute atomic E-state index is 0.186. The van der Waals surface area contributed by atoms with Gasteiger partial charge in [-0.15, -0.1) is 0 Å². The Hall–Kier alpha value is -3.48. The summed E-state index contributed by atoms with van der Waals surface area (Å²) in [5.74, 6) is -0.638. The minimum Gasteiger partial charge on any atom is -0.497 e. The first kappa shape index (κ1) is 19.8. The monoisotopic (exact) mass is 407 g/mol. The fourth-order valence-corrected chi connectivity index (χ4v) is 3.89. The second-order valence-corrected chi connectivity index (χ2v) is 7.31. The number of hydrogen-bond acceptors (Lipinski definition) is 4. The second kappa shape index (κ2) is 8.49. The summed E-state index contributed by atoms with van der Waals surface area (Å²) >= 11 is 0. The summed E-state index contributed by atoms with van der Waals surface area (Å²) in [5, 5.41) is 3.43. The number of aromatic nitrogens is 1. The topological polar surface area (TPSA) is 71.5 Å². The number of rotatable bonds is 3. The predicted octanol–water partition coefficient (Wildman–Crippen LogP) is 3.73. The standard InChI is InChI=1S/C23H22FN3O3/c1-30-18-5-3-17(4-6-18)26-22(28)23(29)27-12-9-15(10-13-27)19-8-11-25-21-7-2-16(24)14-20(19)21/h2-8,11,14-15H,9-10,12-13H2,1H3,(H,26,28). The summed E-state index contributed by atoms with van der Waals surface area (Å²) in [6.45, 7) is 0.942. The van der Waals surface area contributed by atoms with Crippen molar-refractivity contribution < 1.29 is 18.7 Å². The maximum Gasteiger partial charge on any atom is 0.313 e. The number of halogens is 1. The van der Waals surface area contributed by atoms with Crippen molar-refractivity contribution in [2.75, 3.05) is 25.5 Å². The zero-order valence-electron chi connectivity index (χ0n) is 16.6. The van der Waals surface area contributed by atoms with Gasteiger partial charge in [-0.25, -0.2) is 4.39 Å². The van der Waals surface area contributed by atoms with Crippen LogP contribution in [0.4, 0.5) is 10.1 Å². The molecule has 1 fully saturated rings. The van der Waals surface area contributed by atoms with Gasteiger partial charge in [-0.2, -0.15) is 0 Å². The molecular formula is C23H22FN3O3. The third-order valence-electron chi connectivity index (χ3n) is 5.50. The van der Waals surface area contributed by atoms with Gasteiger partial charge in [-0.1, -0.05) is 0 Å². The van der Waals surface area contributed by atoms with Crippen LogP contribution in [0, 0.1) is 5.82 Å². The lowest BCUT2D eigenvalue weighted by Crippen LogP contribution is -2.43. The molecule has 0 radical (unpaired) electrons. The zero-order chi connectivity index (χ0) is 21.1. The molecule has 1 N–H and O–H groups in total. The van der Waals surface area contributed by atoms with Crippen molar-refractivity contribution in [1.82, 2.24) is 9.88 Å². The van der Waals surface area contributed by atoms with Crippen LogP contribution in [0.2, 0.25) is 0 Å². The van der Waals surface area contributed by atoms with Crippen molar-refractivity contribution in [3.05, 3.63) is 66.1 Å². The van der Waals surface area contributed by atoms with E-state index in [9.17, 15) is 14.0 Å². The number of carbonyl (C=O) groups is 2. The molecule has 0 unspecified atom stereocenters. The fraction of sp³-hybridized carbons (Fsp3) is 0.261. The summed E-state index contributed by atoms with van der Waals surface area (Å²) in [7, 11) is 1.56. The van der Waals surface area contributed by atoms with Gasteiger partial charge in [0.15, 0.2) is 0 Å². The lowest BCUT2D eigenvalue weighted by atomic mass is 9.87. The summed E-state index contributed by atoms with van der Waals surface area (Å²) < 4.78 is 18.8. The summed E-state index contributed by atoms with van der Waals surface area (Å²) in [6, 6.07) is 13.3. The van der Waals surface area contributed by atoms with Crippen molar-refractivity contribution in [3.8, 4) is 5.75 Å². The Balaban J connectivity index is 1.40. The number of pyridine rings is 1. The van der Waals surface area contributed by atoms with Crippen LogP contribution in [-0.4, -0.2) is 41.9 Å². The van der Waals surface area contributed by atoms with E-state index in [1.165, 1.54) is 12.1 Å². The Morgan fingerprint density at radius 3 is 2.53 bits per heavy atom. The molecule has 0 saturated carbocycles. The highest BCUT2D eigenvalue weighted by atomic mass is 19.1. The molecule has 0 atom stereocenters. The van der Waals surface area contributed by atoms with E-state index < -0.39 is 11.8 Å². The summed E-state index contributed by atoms with van der Waals surface area (Å²) in [4.78, 5) is 30.8. The first-order valence-electron chi connectivity index (χ1n) is 9.83.